The van der Waals surface area contributed by atoms with Gasteiger partial charge in [0.25, 0.3) is 0 Å². The molecule has 0 bridgehead atoms. The number of hydrogen-bond acceptors (Lipinski definition) is 1. The Bertz CT molecular complexity index is 805. The van der Waals surface area contributed by atoms with E-state index in [0.717, 1.165) is 6.42 Å². The van der Waals surface area contributed by atoms with Crippen LogP contribution in [-0.2, 0) is 5.41 Å². The Hall–Kier alpha value is -1.76. The molecule has 1 heteroatoms. The van der Waals surface area contributed by atoms with E-state index in [9.17, 15) is 0 Å². The van der Waals surface area contributed by atoms with Gasteiger partial charge >= 0.3 is 0 Å². The van der Waals surface area contributed by atoms with Crippen molar-refractivity contribution in [3.05, 3.63) is 65.4 Å². The molecule has 0 saturated carbocycles. The van der Waals surface area contributed by atoms with Crippen LogP contribution >= 0.6 is 0 Å². The van der Waals surface area contributed by atoms with Crippen LogP contribution < -0.4 is 4.90 Å². The molecule has 1 aromatic rings. The molecule has 1 aromatic carbocycles. The van der Waals surface area contributed by atoms with Crippen LogP contribution in [0.2, 0.25) is 0 Å². The Labute approximate surface area is 193 Å². The first-order valence-electron chi connectivity index (χ1n) is 12.2. The highest BCUT2D eigenvalue weighted by Gasteiger charge is 2.30. The lowest BCUT2D eigenvalue weighted by molar-refractivity contribution is 0.243. The van der Waals surface area contributed by atoms with Gasteiger partial charge in [0.05, 0.1) is 0 Å². The predicted octanol–water partition coefficient (Wildman–Crippen LogP) is 8.92. The van der Waals surface area contributed by atoms with Gasteiger partial charge in [0.15, 0.2) is 0 Å². The molecule has 0 aromatic heterocycles. The zero-order valence-electron chi connectivity index (χ0n) is 22.1. The molecule has 0 saturated heterocycles. The van der Waals surface area contributed by atoms with E-state index in [2.05, 4.69) is 130 Å². The van der Waals surface area contributed by atoms with Gasteiger partial charge in [-0.05, 0) is 72.6 Å². The zero-order valence-corrected chi connectivity index (χ0v) is 22.1. The van der Waals surface area contributed by atoms with Gasteiger partial charge in [-0.1, -0.05) is 98.2 Å². The summed E-state index contributed by atoms with van der Waals surface area (Å²) in [6.45, 7) is 25.4. The molecule has 0 heterocycles. The Morgan fingerprint density at radius 3 is 2.03 bits per heavy atom. The van der Waals surface area contributed by atoms with E-state index < -0.39 is 0 Å². The second-order valence-corrected chi connectivity index (χ2v) is 12.2. The molecule has 172 valence electrons. The molecule has 3 atom stereocenters. The first kappa shape index (κ1) is 25.5. The standard InChI is InChI=1S/C30H47N/c1-21(2)18-22(3)19-24(5)31(26-14-12-25(13-15-26)29(6,7)8)27-16-17-28(23(4)20-27)30(9,10)11/h12-18,20-21,23-24,28H,19H2,1-11H3/b22-18-/t23?,24-,28?/m1/s1. The maximum atomic E-state index is 2.55. The average Bonchev–Trinajstić information content (AvgIpc) is 2.59. The van der Waals surface area contributed by atoms with E-state index in [1.807, 2.05) is 0 Å². The van der Waals surface area contributed by atoms with E-state index in [-0.39, 0.29) is 10.8 Å². The SMILES string of the molecule is C/C(=C/C(C)C)C[C@@H](C)N(C1=CC(C)C(C(C)(C)C)C=C1)c1ccc(C(C)(C)C)cc1. The van der Waals surface area contributed by atoms with Crippen LogP contribution in [0.15, 0.2) is 59.8 Å². The molecule has 0 radical (unpaired) electrons. The number of allylic oxidation sites excluding steroid dienone is 4. The summed E-state index contributed by atoms with van der Waals surface area (Å²) < 4.78 is 0. The molecule has 0 fully saturated rings. The first-order valence-corrected chi connectivity index (χ1v) is 12.2. The minimum Gasteiger partial charge on any atom is -0.339 e. The molecular weight excluding hydrogens is 374 g/mol. The quantitative estimate of drug-likeness (QED) is 0.414. The van der Waals surface area contributed by atoms with E-state index in [1.165, 1.54) is 22.5 Å². The topological polar surface area (TPSA) is 3.24 Å². The molecule has 2 unspecified atom stereocenters. The molecule has 2 rings (SSSR count). The summed E-state index contributed by atoms with van der Waals surface area (Å²) in [5.74, 6) is 1.68. The molecular formula is C30H47N. The minimum absolute atomic E-state index is 0.171. The van der Waals surface area contributed by atoms with Crippen LogP contribution in [0.25, 0.3) is 0 Å². The predicted molar refractivity (Wildman–Crippen MR) is 140 cm³/mol. The Balaban J connectivity index is 2.43. The lowest BCUT2D eigenvalue weighted by atomic mass is 9.71. The van der Waals surface area contributed by atoms with Crippen molar-refractivity contribution in [2.24, 2.45) is 23.2 Å². The van der Waals surface area contributed by atoms with Gasteiger partial charge in [-0.25, -0.2) is 0 Å². The van der Waals surface area contributed by atoms with Gasteiger partial charge in [-0.15, -0.1) is 0 Å². The lowest BCUT2D eigenvalue weighted by Gasteiger charge is -2.39. The van der Waals surface area contributed by atoms with Crippen molar-refractivity contribution in [2.75, 3.05) is 4.90 Å². The summed E-state index contributed by atoms with van der Waals surface area (Å²) in [6, 6.07) is 9.63. The number of anilines is 1. The summed E-state index contributed by atoms with van der Waals surface area (Å²) in [5.41, 5.74) is 5.92. The van der Waals surface area contributed by atoms with E-state index in [1.54, 1.807) is 0 Å². The van der Waals surface area contributed by atoms with Crippen LogP contribution in [0.5, 0.6) is 0 Å². The summed E-state index contributed by atoms with van der Waals surface area (Å²) in [6.07, 6.45) is 10.8. The largest absolute Gasteiger partial charge is 0.339 e. The van der Waals surface area contributed by atoms with Crippen molar-refractivity contribution in [1.82, 2.24) is 0 Å². The number of benzene rings is 1. The minimum atomic E-state index is 0.171. The number of nitrogens with zero attached hydrogens (tertiary/aromatic N) is 1. The Morgan fingerprint density at radius 2 is 1.58 bits per heavy atom. The van der Waals surface area contributed by atoms with Crippen LogP contribution in [0.4, 0.5) is 5.69 Å². The highest BCUT2D eigenvalue weighted by molar-refractivity contribution is 5.57. The van der Waals surface area contributed by atoms with E-state index in [0.29, 0.717) is 23.8 Å². The molecule has 0 aliphatic heterocycles. The maximum Gasteiger partial charge on any atom is 0.0413 e. The molecule has 1 nitrogen and oxygen atoms in total. The van der Waals surface area contributed by atoms with E-state index in [4.69, 9.17) is 0 Å². The van der Waals surface area contributed by atoms with Crippen molar-refractivity contribution >= 4 is 5.69 Å². The summed E-state index contributed by atoms with van der Waals surface area (Å²) in [4.78, 5) is 2.55. The summed E-state index contributed by atoms with van der Waals surface area (Å²) >= 11 is 0. The van der Waals surface area contributed by atoms with Gasteiger partial charge in [0.1, 0.15) is 0 Å². The normalized spacial score (nSPS) is 21.3. The monoisotopic (exact) mass is 421 g/mol. The molecule has 0 amide bonds. The highest BCUT2D eigenvalue weighted by Crippen LogP contribution is 2.39. The third kappa shape index (κ3) is 6.86. The summed E-state index contributed by atoms with van der Waals surface area (Å²) in [7, 11) is 0. The Morgan fingerprint density at radius 1 is 1.00 bits per heavy atom. The fourth-order valence-corrected chi connectivity index (χ4v) is 5.02. The van der Waals surface area contributed by atoms with Crippen molar-refractivity contribution in [3.8, 4) is 0 Å². The van der Waals surface area contributed by atoms with Gasteiger partial charge in [-0.2, -0.15) is 0 Å². The van der Waals surface area contributed by atoms with Crippen molar-refractivity contribution in [1.29, 1.82) is 0 Å². The van der Waals surface area contributed by atoms with Crippen molar-refractivity contribution < 1.29 is 0 Å². The maximum absolute atomic E-state index is 2.55. The number of hydrogen-bond donors (Lipinski definition) is 0. The van der Waals surface area contributed by atoms with Crippen molar-refractivity contribution in [3.63, 3.8) is 0 Å². The van der Waals surface area contributed by atoms with Crippen LogP contribution in [-0.4, -0.2) is 6.04 Å². The third-order valence-corrected chi connectivity index (χ3v) is 6.44. The highest BCUT2D eigenvalue weighted by atomic mass is 15.2. The number of rotatable bonds is 6. The fraction of sp³-hybridized carbons (Fsp3) is 0.600. The van der Waals surface area contributed by atoms with Gasteiger partial charge in [0.2, 0.25) is 0 Å². The lowest BCUT2D eigenvalue weighted by Crippen LogP contribution is -2.35. The second kappa shape index (κ2) is 9.80. The first-order chi connectivity index (χ1) is 14.2. The Kier molecular flexibility index (Phi) is 8.06. The molecule has 1 aliphatic carbocycles. The smallest absolute Gasteiger partial charge is 0.0413 e. The van der Waals surface area contributed by atoms with E-state index >= 15 is 0 Å². The van der Waals surface area contributed by atoms with Gasteiger partial charge in [-0.3, -0.25) is 0 Å². The van der Waals surface area contributed by atoms with Crippen LogP contribution in [0, 0.1) is 23.2 Å². The molecule has 0 spiro atoms. The summed E-state index contributed by atoms with van der Waals surface area (Å²) in [5, 5.41) is 0. The van der Waals surface area contributed by atoms with Crippen LogP contribution in [0.1, 0.15) is 88.1 Å². The fourth-order valence-electron chi connectivity index (χ4n) is 5.02. The van der Waals surface area contributed by atoms with Gasteiger partial charge in [0, 0.05) is 17.4 Å². The molecule has 1 aliphatic rings. The zero-order chi connectivity index (χ0) is 23.6. The van der Waals surface area contributed by atoms with Gasteiger partial charge < -0.3 is 4.90 Å². The second-order valence-electron chi connectivity index (χ2n) is 12.2. The molecule has 0 N–H and O–H groups in total. The third-order valence-electron chi connectivity index (χ3n) is 6.44. The van der Waals surface area contributed by atoms with Crippen LogP contribution in [0.3, 0.4) is 0 Å². The van der Waals surface area contributed by atoms with Crippen molar-refractivity contribution in [2.45, 2.75) is 94.0 Å². The molecule has 31 heavy (non-hydrogen) atoms. The average molecular weight is 422 g/mol.